The molecule has 0 unspecified atom stereocenters. The van der Waals surface area contributed by atoms with Crippen molar-refractivity contribution in [3.05, 3.63) is 52.7 Å². The smallest absolute Gasteiger partial charge is 0.234 e. The molecule has 0 atom stereocenters. The Labute approximate surface area is 185 Å². The molecule has 1 amide bonds. The number of halogens is 1. The van der Waals surface area contributed by atoms with E-state index in [0.29, 0.717) is 22.2 Å². The molecule has 3 aromatic rings. The van der Waals surface area contributed by atoms with Crippen molar-refractivity contribution in [2.24, 2.45) is 0 Å². The van der Waals surface area contributed by atoms with E-state index in [4.69, 9.17) is 26.1 Å². The minimum absolute atomic E-state index is 0.120. The molecule has 1 N–H and O–H groups in total. The normalized spacial score (nSPS) is 13.0. The Bertz CT molecular complexity index is 1100. The van der Waals surface area contributed by atoms with E-state index < -0.39 is 0 Å². The first-order chi connectivity index (χ1) is 14.6. The van der Waals surface area contributed by atoms with Crippen LogP contribution in [0.4, 0.5) is 5.69 Å². The number of thioether (sulfide) groups is 1. The van der Waals surface area contributed by atoms with Gasteiger partial charge in [0.2, 0.25) is 5.91 Å². The molecule has 0 radical (unpaired) electrons. The molecule has 0 fully saturated rings. The van der Waals surface area contributed by atoms with E-state index in [1.165, 1.54) is 29.7 Å². The molecule has 7 heteroatoms. The van der Waals surface area contributed by atoms with Crippen molar-refractivity contribution in [2.45, 2.75) is 30.6 Å². The quantitative estimate of drug-likeness (QED) is 0.509. The number of fused-ring (bicyclic) bond motifs is 2. The highest BCUT2D eigenvalue weighted by Gasteiger charge is 2.20. The highest BCUT2D eigenvalue weighted by Crippen LogP contribution is 2.38. The fourth-order valence-corrected chi connectivity index (χ4v) is 5.09. The van der Waals surface area contributed by atoms with Gasteiger partial charge in [-0.25, -0.2) is 0 Å². The largest absolute Gasteiger partial charge is 0.495 e. The predicted molar refractivity (Wildman–Crippen MR) is 122 cm³/mol. The van der Waals surface area contributed by atoms with Gasteiger partial charge >= 0.3 is 0 Å². The van der Waals surface area contributed by atoms with Gasteiger partial charge in [-0.15, -0.1) is 11.8 Å². The number of aromatic nitrogens is 1. The lowest BCUT2D eigenvalue weighted by atomic mass is 9.94. The zero-order valence-corrected chi connectivity index (χ0v) is 18.5. The van der Waals surface area contributed by atoms with Crippen molar-refractivity contribution in [2.75, 3.05) is 25.3 Å². The molecule has 0 saturated carbocycles. The summed E-state index contributed by atoms with van der Waals surface area (Å²) in [5.74, 6) is 1.16. The number of nitrogens with zero attached hydrogens (tertiary/aromatic N) is 1. The molecule has 0 spiro atoms. The minimum Gasteiger partial charge on any atom is -0.495 e. The standard InChI is InChI=1S/C23H23ClN2O3S/c1-28-20-12-21(29-2)19(11-16(20)24)26-22(27)13-30-23-14-7-3-5-9-17(14)25-18-10-6-4-8-15(18)23/h3,5,7,9,11-12H,4,6,8,10,13H2,1-2H3,(H,26,27). The molecular formula is C23H23ClN2O3S. The molecule has 2 aromatic carbocycles. The summed E-state index contributed by atoms with van der Waals surface area (Å²) < 4.78 is 10.6. The zero-order chi connectivity index (χ0) is 21.1. The molecule has 1 heterocycles. The topological polar surface area (TPSA) is 60.5 Å². The van der Waals surface area contributed by atoms with Gasteiger partial charge in [0, 0.05) is 22.0 Å². The third-order valence-electron chi connectivity index (χ3n) is 5.21. The second kappa shape index (κ2) is 9.14. The molecule has 0 bridgehead atoms. The van der Waals surface area contributed by atoms with Gasteiger partial charge in [0.1, 0.15) is 11.5 Å². The molecule has 1 aliphatic rings. The van der Waals surface area contributed by atoms with E-state index >= 15 is 0 Å². The maximum atomic E-state index is 12.7. The van der Waals surface area contributed by atoms with Crippen LogP contribution >= 0.6 is 23.4 Å². The van der Waals surface area contributed by atoms with Crippen LogP contribution in [0.25, 0.3) is 10.9 Å². The van der Waals surface area contributed by atoms with E-state index in [1.54, 1.807) is 31.0 Å². The number of methoxy groups -OCH3 is 2. The lowest BCUT2D eigenvalue weighted by Crippen LogP contribution is -2.15. The Balaban J connectivity index is 1.56. The summed E-state index contributed by atoms with van der Waals surface area (Å²) in [6, 6.07) is 11.5. The molecule has 0 aliphatic heterocycles. The molecule has 1 aliphatic carbocycles. The summed E-state index contributed by atoms with van der Waals surface area (Å²) in [5.41, 5.74) is 3.98. The van der Waals surface area contributed by atoms with E-state index in [1.807, 2.05) is 18.2 Å². The summed E-state index contributed by atoms with van der Waals surface area (Å²) in [7, 11) is 3.08. The fraction of sp³-hybridized carbons (Fsp3) is 0.304. The first kappa shape index (κ1) is 20.8. The van der Waals surface area contributed by atoms with Gasteiger partial charge in [0.25, 0.3) is 0 Å². The van der Waals surface area contributed by atoms with Crippen LogP contribution in [-0.2, 0) is 17.6 Å². The first-order valence-corrected chi connectivity index (χ1v) is 11.2. The molecule has 1 aromatic heterocycles. The van der Waals surface area contributed by atoms with Gasteiger partial charge < -0.3 is 14.8 Å². The lowest BCUT2D eigenvalue weighted by molar-refractivity contribution is -0.113. The Morgan fingerprint density at radius 3 is 2.70 bits per heavy atom. The summed E-state index contributed by atoms with van der Waals surface area (Å²) in [6.45, 7) is 0. The molecule has 156 valence electrons. The van der Waals surface area contributed by atoms with Crippen LogP contribution in [0.2, 0.25) is 5.02 Å². The van der Waals surface area contributed by atoms with Gasteiger partial charge in [0.05, 0.1) is 36.2 Å². The maximum absolute atomic E-state index is 12.7. The van der Waals surface area contributed by atoms with Crippen molar-refractivity contribution < 1.29 is 14.3 Å². The van der Waals surface area contributed by atoms with Crippen LogP contribution in [0.1, 0.15) is 24.1 Å². The number of hydrogen-bond acceptors (Lipinski definition) is 5. The number of carbonyl (C=O) groups excluding carboxylic acids is 1. The Morgan fingerprint density at radius 2 is 1.90 bits per heavy atom. The van der Waals surface area contributed by atoms with Crippen LogP contribution in [0.15, 0.2) is 41.3 Å². The van der Waals surface area contributed by atoms with Gasteiger partial charge in [0.15, 0.2) is 0 Å². The molecule has 4 rings (SSSR count). The average Bonchev–Trinajstić information content (AvgIpc) is 2.76. The van der Waals surface area contributed by atoms with Crippen molar-refractivity contribution >= 4 is 45.9 Å². The van der Waals surface area contributed by atoms with Crippen LogP contribution in [-0.4, -0.2) is 30.9 Å². The SMILES string of the molecule is COc1cc(OC)c(NC(=O)CSc2c3c(nc4ccccc24)CCCC3)cc1Cl. The fourth-order valence-electron chi connectivity index (χ4n) is 3.78. The molecule has 5 nitrogen and oxygen atoms in total. The van der Waals surface area contributed by atoms with Crippen molar-refractivity contribution in [1.29, 1.82) is 0 Å². The minimum atomic E-state index is -0.120. The molecule has 30 heavy (non-hydrogen) atoms. The second-order valence-corrected chi connectivity index (χ2v) is 8.51. The van der Waals surface area contributed by atoms with Crippen LogP contribution < -0.4 is 14.8 Å². The Kier molecular flexibility index (Phi) is 6.35. The third-order valence-corrected chi connectivity index (χ3v) is 6.67. The van der Waals surface area contributed by atoms with E-state index in [-0.39, 0.29) is 11.7 Å². The van der Waals surface area contributed by atoms with E-state index in [0.717, 1.165) is 30.2 Å². The average molecular weight is 443 g/mol. The number of para-hydroxylation sites is 1. The number of carbonyl (C=O) groups is 1. The summed E-state index contributed by atoms with van der Waals surface area (Å²) >= 11 is 7.78. The van der Waals surface area contributed by atoms with Crippen LogP contribution in [0, 0.1) is 0 Å². The van der Waals surface area contributed by atoms with Gasteiger partial charge in [-0.1, -0.05) is 29.8 Å². The molecular weight excluding hydrogens is 420 g/mol. The second-order valence-electron chi connectivity index (χ2n) is 7.11. The lowest BCUT2D eigenvalue weighted by Gasteiger charge is -2.20. The van der Waals surface area contributed by atoms with Crippen LogP contribution in [0.3, 0.4) is 0 Å². The summed E-state index contributed by atoms with van der Waals surface area (Å²) in [6.07, 6.45) is 4.34. The number of hydrogen-bond donors (Lipinski definition) is 1. The van der Waals surface area contributed by atoms with Crippen molar-refractivity contribution in [3.8, 4) is 11.5 Å². The number of benzene rings is 2. The first-order valence-electron chi connectivity index (χ1n) is 9.85. The summed E-state index contributed by atoms with van der Waals surface area (Å²) in [5, 5.41) is 4.44. The highest BCUT2D eigenvalue weighted by molar-refractivity contribution is 8.00. The Morgan fingerprint density at radius 1 is 1.13 bits per heavy atom. The third kappa shape index (κ3) is 4.20. The highest BCUT2D eigenvalue weighted by atomic mass is 35.5. The number of pyridine rings is 1. The number of ether oxygens (including phenoxy) is 2. The van der Waals surface area contributed by atoms with E-state index in [9.17, 15) is 4.79 Å². The van der Waals surface area contributed by atoms with Gasteiger partial charge in [-0.2, -0.15) is 0 Å². The van der Waals surface area contributed by atoms with Crippen LogP contribution in [0.5, 0.6) is 11.5 Å². The zero-order valence-electron chi connectivity index (χ0n) is 17.0. The number of nitrogens with one attached hydrogen (secondary N) is 1. The van der Waals surface area contributed by atoms with Crippen molar-refractivity contribution in [1.82, 2.24) is 4.98 Å². The predicted octanol–water partition coefficient (Wildman–Crippen LogP) is 5.52. The number of anilines is 1. The monoisotopic (exact) mass is 442 g/mol. The number of rotatable bonds is 6. The van der Waals surface area contributed by atoms with E-state index in [2.05, 4.69) is 11.4 Å². The van der Waals surface area contributed by atoms with Gasteiger partial charge in [-0.3, -0.25) is 9.78 Å². The number of aryl methyl sites for hydroxylation is 1. The maximum Gasteiger partial charge on any atom is 0.234 e. The van der Waals surface area contributed by atoms with Gasteiger partial charge in [-0.05, 0) is 43.4 Å². The summed E-state index contributed by atoms with van der Waals surface area (Å²) in [4.78, 5) is 18.8. The Hall–Kier alpha value is -2.44. The number of amides is 1. The molecule has 0 saturated heterocycles. The van der Waals surface area contributed by atoms with Crippen molar-refractivity contribution in [3.63, 3.8) is 0 Å².